The molecular formula is C11H13N3O3. The second kappa shape index (κ2) is 4.82. The fourth-order valence-corrected chi connectivity index (χ4v) is 1.51. The van der Waals surface area contributed by atoms with Crippen LogP contribution in [-0.2, 0) is 9.53 Å². The number of pyridine rings is 1. The van der Waals surface area contributed by atoms with Crippen molar-refractivity contribution in [2.75, 3.05) is 23.4 Å². The van der Waals surface area contributed by atoms with Crippen LogP contribution in [-0.4, -0.2) is 30.1 Å². The Morgan fingerprint density at radius 3 is 3.12 bits per heavy atom. The summed E-state index contributed by atoms with van der Waals surface area (Å²) in [7, 11) is 0. The molecule has 1 aromatic heterocycles. The second-order valence-electron chi connectivity index (χ2n) is 3.57. The average molecular weight is 235 g/mol. The minimum Gasteiger partial charge on any atom is -0.447 e. The molecule has 0 bridgehead atoms. The van der Waals surface area contributed by atoms with E-state index in [0.29, 0.717) is 31.1 Å². The summed E-state index contributed by atoms with van der Waals surface area (Å²) in [5.74, 6) is 0.327. The van der Waals surface area contributed by atoms with Gasteiger partial charge in [0, 0.05) is 18.7 Å². The maximum atomic E-state index is 11.4. The molecule has 17 heavy (non-hydrogen) atoms. The minimum absolute atomic E-state index is 0.112. The fraction of sp³-hybridized carbons (Fsp3) is 0.364. The van der Waals surface area contributed by atoms with Crippen LogP contribution in [0.3, 0.4) is 0 Å². The number of nitrogens with one attached hydrogen (secondary N) is 1. The Bertz CT molecular complexity index is 447. The van der Waals surface area contributed by atoms with E-state index in [0.717, 1.165) is 0 Å². The smallest absolute Gasteiger partial charge is 0.414 e. The van der Waals surface area contributed by atoms with Crippen molar-refractivity contribution in [3.05, 3.63) is 18.3 Å². The van der Waals surface area contributed by atoms with Gasteiger partial charge in [-0.3, -0.25) is 9.69 Å². The summed E-state index contributed by atoms with van der Waals surface area (Å²) < 4.78 is 4.84. The quantitative estimate of drug-likeness (QED) is 0.859. The molecule has 6 heteroatoms. The van der Waals surface area contributed by atoms with Crippen LogP contribution < -0.4 is 10.2 Å². The summed E-state index contributed by atoms with van der Waals surface area (Å²) in [5.41, 5.74) is 0.675. The van der Waals surface area contributed by atoms with Gasteiger partial charge in [-0.15, -0.1) is 0 Å². The molecule has 1 aromatic rings. The predicted molar refractivity (Wildman–Crippen MR) is 61.9 cm³/mol. The maximum Gasteiger partial charge on any atom is 0.414 e. The third-order valence-electron chi connectivity index (χ3n) is 2.40. The van der Waals surface area contributed by atoms with Gasteiger partial charge < -0.3 is 10.1 Å². The summed E-state index contributed by atoms with van der Waals surface area (Å²) >= 11 is 0. The van der Waals surface area contributed by atoms with E-state index in [1.807, 2.05) is 0 Å². The van der Waals surface area contributed by atoms with Gasteiger partial charge in [-0.1, -0.05) is 6.92 Å². The van der Waals surface area contributed by atoms with E-state index in [4.69, 9.17) is 4.74 Å². The van der Waals surface area contributed by atoms with Crippen molar-refractivity contribution in [3.8, 4) is 0 Å². The van der Waals surface area contributed by atoms with Crippen LogP contribution in [0.15, 0.2) is 18.3 Å². The van der Waals surface area contributed by atoms with Gasteiger partial charge in [0.1, 0.15) is 12.4 Å². The summed E-state index contributed by atoms with van der Waals surface area (Å²) in [6, 6.07) is 3.36. The summed E-state index contributed by atoms with van der Waals surface area (Å²) in [5, 5.41) is 2.64. The molecule has 0 aliphatic carbocycles. The van der Waals surface area contributed by atoms with Gasteiger partial charge in [0.15, 0.2) is 0 Å². The van der Waals surface area contributed by atoms with Crippen LogP contribution in [0.5, 0.6) is 0 Å². The maximum absolute atomic E-state index is 11.4. The number of carbonyl (C=O) groups excluding carboxylic acids is 2. The zero-order valence-corrected chi connectivity index (χ0v) is 9.47. The van der Waals surface area contributed by atoms with Gasteiger partial charge in [0.2, 0.25) is 5.91 Å². The summed E-state index contributed by atoms with van der Waals surface area (Å²) in [6.45, 7) is 2.67. The van der Waals surface area contributed by atoms with Crippen molar-refractivity contribution < 1.29 is 14.3 Å². The highest BCUT2D eigenvalue weighted by molar-refractivity contribution is 5.92. The number of amides is 2. The molecule has 0 saturated carbocycles. The molecule has 1 fully saturated rings. The van der Waals surface area contributed by atoms with Crippen molar-refractivity contribution in [2.24, 2.45) is 0 Å². The Morgan fingerprint density at radius 1 is 1.65 bits per heavy atom. The van der Waals surface area contributed by atoms with Gasteiger partial charge in [-0.05, 0) is 6.07 Å². The molecule has 1 aliphatic heterocycles. The normalized spacial score (nSPS) is 14.6. The SMILES string of the molecule is CCC(=O)Nc1cc(N2CCOC2=O)ccn1. The number of hydrogen-bond donors (Lipinski definition) is 1. The number of ether oxygens (including phenoxy) is 1. The third kappa shape index (κ3) is 2.52. The molecule has 0 spiro atoms. The summed E-state index contributed by atoms with van der Waals surface area (Å²) in [6.07, 6.45) is 1.56. The van der Waals surface area contributed by atoms with Crippen molar-refractivity contribution in [3.63, 3.8) is 0 Å². The lowest BCUT2D eigenvalue weighted by Gasteiger charge is -2.13. The van der Waals surface area contributed by atoms with Crippen molar-refractivity contribution in [1.82, 2.24) is 4.98 Å². The van der Waals surface area contributed by atoms with Gasteiger partial charge in [-0.2, -0.15) is 0 Å². The van der Waals surface area contributed by atoms with Crippen LogP contribution in [0.1, 0.15) is 13.3 Å². The zero-order valence-electron chi connectivity index (χ0n) is 9.47. The lowest BCUT2D eigenvalue weighted by molar-refractivity contribution is -0.115. The zero-order chi connectivity index (χ0) is 12.3. The average Bonchev–Trinajstić information content (AvgIpc) is 2.75. The molecule has 0 radical (unpaired) electrons. The van der Waals surface area contributed by atoms with Crippen molar-refractivity contribution in [1.29, 1.82) is 0 Å². The largest absolute Gasteiger partial charge is 0.447 e. The lowest BCUT2D eigenvalue weighted by Crippen LogP contribution is -2.23. The lowest BCUT2D eigenvalue weighted by atomic mass is 10.3. The number of cyclic esters (lactones) is 1. The molecule has 2 rings (SSSR count). The molecule has 6 nitrogen and oxygen atoms in total. The number of aromatic nitrogens is 1. The van der Waals surface area contributed by atoms with E-state index in [-0.39, 0.29) is 12.0 Å². The molecule has 1 saturated heterocycles. The predicted octanol–water partition coefficient (Wildman–Crippen LogP) is 1.39. The van der Waals surface area contributed by atoms with E-state index in [9.17, 15) is 9.59 Å². The molecule has 90 valence electrons. The third-order valence-corrected chi connectivity index (χ3v) is 2.40. The van der Waals surface area contributed by atoms with E-state index in [1.54, 1.807) is 25.3 Å². The minimum atomic E-state index is -0.371. The van der Waals surface area contributed by atoms with Gasteiger partial charge in [-0.25, -0.2) is 9.78 Å². The standard InChI is InChI=1S/C11H13N3O3/c1-2-10(15)13-9-7-8(3-4-12-9)14-5-6-17-11(14)16/h3-4,7H,2,5-6H2,1H3,(H,12,13,15). The van der Waals surface area contributed by atoms with Crippen LogP contribution in [0.2, 0.25) is 0 Å². The first-order valence-corrected chi connectivity index (χ1v) is 5.41. The molecule has 2 heterocycles. The van der Waals surface area contributed by atoms with Gasteiger partial charge >= 0.3 is 6.09 Å². The molecule has 0 unspecified atom stereocenters. The molecular weight excluding hydrogens is 222 g/mol. The highest BCUT2D eigenvalue weighted by Gasteiger charge is 2.23. The number of anilines is 2. The van der Waals surface area contributed by atoms with Crippen molar-refractivity contribution in [2.45, 2.75) is 13.3 Å². The Morgan fingerprint density at radius 2 is 2.47 bits per heavy atom. The van der Waals surface area contributed by atoms with Crippen LogP contribution in [0.4, 0.5) is 16.3 Å². The number of nitrogens with zero attached hydrogens (tertiary/aromatic N) is 2. The fourth-order valence-electron chi connectivity index (χ4n) is 1.51. The molecule has 2 amide bonds. The molecule has 1 N–H and O–H groups in total. The van der Waals surface area contributed by atoms with Gasteiger partial charge in [0.25, 0.3) is 0 Å². The van der Waals surface area contributed by atoms with Crippen molar-refractivity contribution >= 4 is 23.5 Å². The van der Waals surface area contributed by atoms with Crippen LogP contribution in [0.25, 0.3) is 0 Å². The van der Waals surface area contributed by atoms with Gasteiger partial charge in [0.05, 0.1) is 12.2 Å². The Balaban J connectivity index is 2.16. The monoisotopic (exact) mass is 235 g/mol. The topological polar surface area (TPSA) is 71.5 Å². The first-order valence-electron chi connectivity index (χ1n) is 5.41. The molecule has 0 aromatic carbocycles. The summed E-state index contributed by atoms with van der Waals surface area (Å²) in [4.78, 5) is 28.1. The highest BCUT2D eigenvalue weighted by Crippen LogP contribution is 2.20. The van der Waals surface area contributed by atoms with E-state index in [1.165, 1.54) is 4.90 Å². The van der Waals surface area contributed by atoms with E-state index >= 15 is 0 Å². The second-order valence-corrected chi connectivity index (χ2v) is 3.57. The first kappa shape index (κ1) is 11.4. The Kier molecular flexibility index (Phi) is 3.22. The number of carbonyl (C=O) groups is 2. The Labute approximate surface area is 98.6 Å². The number of rotatable bonds is 3. The first-order chi connectivity index (χ1) is 8.20. The molecule has 0 atom stereocenters. The number of hydrogen-bond acceptors (Lipinski definition) is 4. The van der Waals surface area contributed by atoms with E-state index in [2.05, 4.69) is 10.3 Å². The van der Waals surface area contributed by atoms with Crippen LogP contribution in [0, 0.1) is 0 Å². The molecule has 1 aliphatic rings. The highest BCUT2D eigenvalue weighted by atomic mass is 16.6. The van der Waals surface area contributed by atoms with E-state index < -0.39 is 0 Å². The Hall–Kier alpha value is -2.11. The van der Waals surface area contributed by atoms with Crippen LogP contribution >= 0.6 is 0 Å².